The van der Waals surface area contributed by atoms with E-state index in [2.05, 4.69) is 10.3 Å². The normalized spacial score (nSPS) is 12.4. The third-order valence-electron chi connectivity index (χ3n) is 2.64. The molecule has 0 radical (unpaired) electrons. The Morgan fingerprint density at radius 3 is 2.94 bits per heavy atom. The summed E-state index contributed by atoms with van der Waals surface area (Å²) in [4.78, 5) is 0. The molecule has 0 aliphatic carbocycles. The third kappa shape index (κ3) is 2.47. The molecule has 2 rings (SSSR count). The van der Waals surface area contributed by atoms with Gasteiger partial charge in [-0.25, -0.2) is 4.68 Å². The number of hydrogen-bond donors (Lipinski definition) is 1. The molecule has 1 heterocycles. The molecule has 1 atom stereocenters. The smallest absolute Gasteiger partial charge is 0.121 e. The Labute approximate surface area is 110 Å². The number of methoxy groups -OCH3 is 1. The monoisotopic (exact) mass is 267 g/mol. The summed E-state index contributed by atoms with van der Waals surface area (Å²) < 4.78 is 6.66. The van der Waals surface area contributed by atoms with Gasteiger partial charge in [-0.3, -0.25) is 0 Å². The fourth-order valence-electron chi connectivity index (χ4n) is 1.55. The van der Waals surface area contributed by atoms with Gasteiger partial charge in [0.15, 0.2) is 0 Å². The average Bonchev–Trinajstić information content (AvgIpc) is 2.88. The molecule has 6 heteroatoms. The molecule has 1 aromatic carbocycles. The first-order valence-electron chi connectivity index (χ1n) is 5.60. The number of hydrogen-bond acceptors (Lipinski definition) is 4. The molecule has 0 bridgehead atoms. The van der Waals surface area contributed by atoms with Gasteiger partial charge in [0, 0.05) is 6.07 Å². The Hall–Kier alpha value is -1.59. The lowest BCUT2D eigenvalue weighted by Gasteiger charge is -2.06. The van der Waals surface area contributed by atoms with Crippen LogP contribution in [0.5, 0.6) is 5.75 Å². The van der Waals surface area contributed by atoms with E-state index in [0.717, 1.165) is 0 Å². The van der Waals surface area contributed by atoms with E-state index in [1.807, 2.05) is 6.92 Å². The minimum absolute atomic E-state index is 0.524. The van der Waals surface area contributed by atoms with Gasteiger partial charge >= 0.3 is 0 Å². The molecule has 0 saturated carbocycles. The maximum atomic E-state index is 9.69. The van der Waals surface area contributed by atoms with Gasteiger partial charge in [0.2, 0.25) is 0 Å². The molecule has 0 aliphatic rings. The molecule has 5 nitrogen and oxygen atoms in total. The van der Waals surface area contributed by atoms with Gasteiger partial charge in [-0.15, -0.1) is 5.10 Å². The van der Waals surface area contributed by atoms with Crippen molar-refractivity contribution in [3.8, 4) is 11.4 Å². The number of aliphatic hydroxyl groups is 1. The van der Waals surface area contributed by atoms with E-state index in [1.54, 1.807) is 31.5 Å². The van der Waals surface area contributed by atoms with Crippen LogP contribution in [0.1, 0.15) is 25.1 Å². The Balaban J connectivity index is 2.39. The van der Waals surface area contributed by atoms with Crippen LogP contribution >= 0.6 is 11.6 Å². The second kappa shape index (κ2) is 5.37. The Kier molecular flexibility index (Phi) is 3.84. The predicted molar refractivity (Wildman–Crippen MR) is 68.2 cm³/mol. The zero-order valence-electron chi connectivity index (χ0n) is 10.2. The van der Waals surface area contributed by atoms with Crippen molar-refractivity contribution in [3.05, 3.63) is 35.1 Å². The van der Waals surface area contributed by atoms with Crippen LogP contribution in [-0.4, -0.2) is 27.2 Å². The van der Waals surface area contributed by atoms with E-state index < -0.39 is 6.10 Å². The van der Waals surface area contributed by atoms with Crippen molar-refractivity contribution in [3.63, 3.8) is 0 Å². The average molecular weight is 268 g/mol. The summed E-state index contributed by atoms with van der Waals surface area (Å²) >= 11 is 6.10. The highest BCUT2D eigenvalue weighted by Gasteiger charge is 2.12. The van der Waals surface area contributed by atoms with Gasteiger partial charge in [-0.05, 0) is 18.6 Å². The summed E-state index contributed by atoms with van der Waals surface area (Å²) in [5.74, 6) is 0.683. The maximum Gasteiger partial charge on any atom is 0.121 e. The molecule has 2 aromatic rings. The zero-order valence-corrected chi connectivity index (χ0v) is 10.9. The van der Waals surface area contributed by atoms with Crippen molar-refractivity contribution < 1.29 is 9.84 Å². The highest BCUT2D eigenvalue weighted by atomic mass is 35.5. The maximum absolute atomic E-state index is 9.69. The van der Waals surface area contributed by atoms with Gasteiger partial charge in [0.25, 0.3) is 0 Å². The van der Waals surface area contributed by atoms with Gasteiger partial charge < -0.3 is 9.84 Å². The Bertz CT molecular complexity index is 542. The van der Waals surface area contributed by atoms with E-state index >= 15 is 0 Å². The number of rotatable bonds is 4. The van der Waals surface area contributed by atoms with Crippen LogP contribution in [0.2, 0.25) is 5.02 Å². The SMILES string of the molecule is CCC(O)c1cn(-c2cc(OC)ccc2Cl)nn1. The summed E-state index contributed by atoms with van der Waals surface area (Å²) in [6.07, 6.45) is 1.64. The lowest BCUT2D eigenvalue weighted by Crippen LogP contribution is -1.97. The van der Waals surface area contributed by atoms with E-state index in [9.17, 15) is 5.11 Å². The van der Waals surface area contributed by atoms with Crippen molar-refractivity contribution in [1.29, 1.82) is 0 Å². The molecule has 1 aromatic heterocycles. The topological polar surface area (TPSA) is 60.2 Å². The highest BCUT2D eigenvalue weighted by molar-refractivity contribution is 6.32. The van der Waals surface area contributed by atoms with E-state index in [4.69, 9.17) is 16.3 Å². The number of nitrogens with zero attached hydrogens (tertiary/aromatic N) is 3. The molecule has 0 aliphatic heterocycles. The van der Waals surface area contributed by atoms with Crippen LogP contribution in [-0.2, 0) is 0 Å². The van der Waals surface area contributed by atoms with Gasteiger partial charge in [0.05, 0.1) is 30.1 Å². The van der Waals surface area contributed by atoms with E-state index in [0.29, 0.717) is 28.6 Å². The first kappa shape index (κ1) is 12.9. The second-order valence-electron chi connectivity index (χ2n) is 3.83. The van der Waals surface area contributed by atoms with Crippen molar-refractivity contribution in [1.82, 2.24) is 15.0 Å². The first-order valence-corrected chi connectivity index (χ1v) is 5.97. The first-order chi connectivity index (χ1) is 8.65. The quantitative estimate of drug-likeness (QED) is 0.924. The summed E-state index contributed by atoms with van der Waals surface area (Å²) in [5.41, 5.74) is 1.19. The van der Waals surface area contributed by atoms with Crippen LogP contribution in [0.25, 0.3) is 5.69 Å². The molecule has 18 heavy (non-hydrogen) atoms. The number of ether oxygens (including phenoxy) is 1. The zero-order chi connectivity index (χ0) is 13.1. The van der Waals surface area contributed by atoms with Crippen LogP contribution in [0.3, 0.4) is 0 Å². The Morgan fingerprint density at radius 1 is 1.50 bits per heavy atom. The molecule has 0 saturated heterocycles. The fraction of sp³-hybridized carbons (Fsp3) is 0.333. The van der Waals surface area contributed by atoms with Crippen molar-refractivity contribution in [2.75, 3.05) is 7.11 Å². The van der Waals surface area contributed by atoms with Gasteiger partial charge in [-0.1, -0.05) is 23.7 Å². The summed E-state index contributed by atoms with van der Waals surface area (Å²) in [6, 6.07) is 5.26. The van der Waals surface area contributed by atoms with Gasteiger partial charge in [0.1, 0.15) is 11.4 Å². The van der Waals surface area contributed by atoms with Crippen molar-refractivity contribution in [2.45, 2.75) is 19.4 Å². The minimum Gasteiger partial charge on any atom is -0.497 e. The molecule has 0 amide bonds. The van der Waals surface area contributed by atoms with Crippen LogP contribution in [0, 0.1) is 0 Å². The Morgan fingerprint density at radius 2 is 2.28 bits per heavy atom. The standard InChI is InChI=1S/C12H14ClN3O2/c1-3-12(17)10-7-16(15-14-10)11-6-8(18-2)4-5-9(11)13/h4-7,12,17H,3H2,1-2H3. The molecular formula is C12H14ClN3O2. The molecule has 1 N–H and O–H groups in total. The molecule has 1 unspecified atom stereocenters. The number of halogens is 1. The summed E-state index contributed by atoms with van der Waals surface area (Å²) in [5, 5.41) is 18.1. The van der Waals surface area contributed by atoms with E-state index in [-0.39, 0.29) is 0 Å². The minimum atomic E-state index is -0.608. The number of benzene rings is 1. The third-order valence-corrected chi connectivity index (χ3v) is 2.96. The fourth-order valence-corrected chi connectivity index (χ4v) is 1.76. The summed E-state index contributed by atoms with van der Waals surface area (Å²) in [7, 11) is 1.58. The van der Waals surface area contributed by atoms with E-state index in [1.165, 1.54) is 4.68 Å². The number of aromatic nitrogens is 3. The lowest BCUT2D eigenvalue weighted by molar-refractivity contribution is 0.169. The van der Waals surface area contributed by atoms with Crippen molar-refractivity contribution >= 4 is 11.6 Å². The molecule has 0 fully saturated rings. The van der Waals surface area contributed by atoms with Crippen LogP contribution < -0.4 is 4.74 Å². The molecule has 96 valence electrons. The van der Waals surface area contributed by atoms with Gasteiger partial charge in [-0.2, -0.15) is 0 Å². The largest absolute Gasteiger partial charge is 0.497 e. The lowest BCUT2D eigenvalue weighted by atomic mass is 10.2. The molecular weight excluding hydrogens is 254 g/mol. The molecule has 0 spiro atoms. The van der Waals surface area contributed by atoms with Crippen molar-refractivity contribution in [2.24, 2.45) is 0 Å². The summed E-state index contributed by atoms with van der Waals surface area (Å²) in [6.45, 7) is 1.88. The second-order valence-corrected chi connectivity index (χ2v) is 4.24. The number of aliphatic hydroxyl groups excluding tert-OH is 1. The predicted octanol–water partition coefficient (Wildman–Crippen LogP) is 2.37. The van der Waals surface area contributed by atoms with Crippen LogP contribution in [0.15, 0.2) is 24.4 Å². The van der Waals surface area contributed by atoms with Crippen LogP contribution in [0.4, 0.5) is 0 Å². The highest BCUT2D eigenvalue weighted by Crippen LogP contribution is 2.25.